The molecular weight excluding hydrogens is 276 g/mol. The fourth-order valence-corrected chi connectivity index (χ4v) is 1.57. The van der Waals surface area contributed by atoms with Gasteiger partial charge in [-0.1, -0.05) is 12.1 Å². The summed E-state index contributed by atoms with van der Waals surface area (Å²) in [6.45, 7) is 1.36. The molecule has 3 amide bonds. The summed E-state index contributed by atoms with van der Waals surface area (Å²) in [5.41, 5.74) is 5.74. The van der Waals surface area contributed by atoms with E-state index in [-0.39, 0.29) is 6.42 Å². The Kier molecular flexibility index (Phi) is 6.19. The number of primary amides is 1. The molecule has 0 heterocycles. The second-order valence-corrected chi connectivity index (χ2v) is 4.33. The number of rotatable bonds is 6. The quantitative estimate of drug-likeness (QED) is 0.753. The van der Waals surface area contributed by atoms with Gasteiger partial charge in [-0.25, -0.2) is 4.79 Å². The lowest BCUT2D eigenvalue weighted by molar-refractivity contribution is -0.154. The lowest BCUT2D eigenvalue weighted by Crippen LogP contribution is -2.42. The van der Waals surface area contributed by atoms with Gasteiger partial charge in [0.2, 0.25) is 0 Å². The van der Waals surface area contributed by atoms with Gasteiger partial charge in [0, 0.05) is 6.42 Å². The predicted molar refractivity (Wildman–Crippen MR) is 74.6 cm³/mol. The SMILES string of the molecule is COc1ccc(CCC(=O)OC(C)C(=O)NC(N)=O)cc1. The number of urea groups is 1. The molecule has 0 aromatic heterocycles. The average Bonchev–Trinajstić information content (AvgIpc) is 2.44. The summed E-state index contributed by atoms with van der Waals surface area (Å²) in [4.78, 5) is 33.4. The minimum Gasteiger partial charge on any atom is -0.497 e. The Balaban J connectivity index is 2.39. The molecule has 0 saturated heterocycles. The van der Waals surface area contributed by atoms with Crippen molar-refractivity contribution in [1.29, 1.82) is 0 Å². The first kappa shape index (κ1) is 16.5. The number of benzene rings is 1. The minimum atomic E-state index is -1.07. The summed E-state index contributed by atoms with van der Waals surface area (Å²) in [5, 5.41) is 1.84. The van der Waals surface area contributed by atoms with E-state index >= 15 is 0 Å². The molecule has 114 valence electrons. The number of esters is 1. The van der Waals surface area contributed by atoms with Crippen LogP contribution in [0.25, 0.3) is 0 Å². The van der Waals surface area contributed by atoms with Crippen molar-refractivity contribution in [3.8, 4) is 5.75 Å². The van der Waals surface area contributed by atoms with Crippen LogP contribution >= 0.6 is 0 Å². The number of ether oxygens (including phenoxy) is 2. The third-order valence-electron chi connectivity index (χ3n) is 2.70. The molecule has 1 atom stereocenters. The first-order valence-corrected chi connectivity index (χ1v) is 6.35. The van der Waals surface area contributed by atoms with Crippen molar-refractivity contribution in [3.63, 3.8) is 0 Å². The highest BCUT2D eigenvalue weighted by molar-refractivity contribution is 5.96. The third kappa shape index (κ3) is 5.94. The lowest BCUT2D eigenvalue weighted by Gasteiger charge is -2.12. The number of hydrogen-bond acceptors (Lipinski definition) is 5. The average molecular weight is 294 g/mol. The van der Waals surface area contributed by atoms with E-state index in [4.69, 9.17) is 15.2 Å². The molecule has 7 heteroatoms. The monoisotopic (exact) mass is 294 g/mol. The number of imide groups is 1. The van der Waals surface area contributed by atoms with Gasteiger partial charge < -0.3 is 15.2 Å². The number of aryl methyl sites for hydroxylation is 1. The minimum absolute atomic E-state index is 0.126. The smallest absolute Gasteiger partial charge is 0.318 e. The number of hydrogen-bond donors (Lipinski definition) is 2. The maximum atomic E-state index is 11.6. The van der Waals surface area contributed by atoms with Gasteiger partial charge in [-0.2, -0.15) is 0 Å². The number of carbonyl (C=O) groups excluding carboxylic acids is 3. The molecule has 0 fully saturated rings. The Labute approximate surface area is 122 Å². The molecule has 1 rings (SSSR count). The van der Waals surface area contributed by atoms with Gasteiger partial charge in [0.15, 0.2) is 6.10 Å². The largest absolute Gasteiger partial charge is 0.497 e. The molecule has 1 unspecified atom stereocenters. The van der Waals surface area contributed by atoms with Gasteiger partial charge in [-0.15, -0.1) is 0 Å². The first-order valence-electron chi connectivity index (χ1n) is 6.35. The zero-order valence-corrected chi connectivity index (χ0v) is 11.9. The van der Waals surface area contributed by atoms with Crippen LogP contribution < -0.4 is 15.8 Å². The van der Waals surface area contributed by atoms with Crippen LogP contribution in [0.3, 0.4) is 0 Å². The molecule has 0 radical (unpaired) electrons. The van der Waals surface area contributed by atoms with E-state index in [1.165, 1.54) is 6.92 Å². The molecule has 3 N–H and O–H groups in total. The number of nitrogens with one attached hydrogen (secondary N) is 1. The predicted octanol–water partition coefficient (Wildman–Crippen LogP) is 0.754. The number of methoxy groups -OCH3 is 1. The Hall–Kier alpha value is -2.57. The van der Waals surface area contributed by atoms with Crippen molar-refractivity contribution < 1.29 is 23.9 Å². The molecule has 7 nitrogen and oxygen atoms in total. The van der Waals surface area contributed by atoms with Gasteiger partial charge in [-0.05, 0) is 31.0 Å². The van der Waals surface area contributed by atoms with Crippen LogP contribution in [0.2, 0.25) is 0 Å². The van der Waals surface area contributed by atoms with Gasteiger partial charge in [0.1, 0.15) is 5.75 Å². The van der Waals surface area contributed by atoms with Crippen LogP contribution in [-0.4, -0.2) is 31.1 Å². The zero-order chi connectivity index (χ0) is 15.8. The molecule has 0 aliphatic carbocycles. The summed E-state index contributed by atoms with van der Waals surface area (Å²) in [7, 11) is 1.57. The molecule has 1 aromatic rings. The highest BCUT2D eigenvalue weighted by Gasteiger charge is 2.18. The van der Waals surface area contributed by atoms with Gasteiger partial charge in [-0.3, -0.25) is 14.9 Å². The number of amides is 3. The number of nitrogens with two attached hydrogens (primary N) is 1. The molecule has 0 saturated carbocycles. The lowest BCUT2D eigenvalue weighted by atomic mass is 10.1. The van der Waals surface area contributed by atoms with Crippen LogP contribution in [0.4, 0.5) is 4.79 Å². The van der Waals surface area contributed by atoms with Crippen LogP contribution in [0, 0.1) is 0 Å². The summed E-state index contributed by atoms with van der Waals surface area (Å²) in [6.07, 6.45) is -0.464. The van der Waals surface area contributed by atoms with Crippen LogP contribution in [0.5, 0.6) is 5.75 Å². The van der Waals surface area contributed by atoms with E-state index in [1.807, 2.05) is 17.4 Å². The highest BCUT2D eigenvalue weighted by atomic mass is 16.5. The summed E-state index contributed by atoms with van der Waals surface area (Å²) >= 11 is 0. The normalized spacial score (nSPS) is 11.3. The van der Waals surface area contributed by atoms with Crippen LogP contribution in [-0.2, 0) is 20.7 Å². The van der Waals surface area contributed by atoms with E-state index in [9.17, 15) is 14.4 Å². The molecule has 0 spiro atoms. The molecule has 0 aliphatic rings. The zero-order valence-electron chi connectivity index (χ0n) is 11.9. The summed E-state index contributed by atoms with van der Waals surface area (Å²) < 4.78 is 9.93. The van der Waals surface area contributed by atoms with Crippen molar-refractivity contribution in [1.82, 2.24) is 5.32 Å². The van der Waals surface area contributed by atoms with Crippen LogP contribution in [0.15, 0.2) is 24.3 Å². The standard InChI is InChI=1S/C14H18N2O5/c1-9(13(18)16-14(15)19)21-12(17)8-5-10-3-6-11(20-2)7-4-10/h3-4,6-7,9H,5,8H2,1-2H3,(H3,15,16,18,19). The molecule has 1 aromatic carbocycles. The van der Waals surface area contributed by atoms with E-state index < -0.39 is 24.0 Å². The molecular formula is C14H18N2O5. The van der Waals surface area contributed by atoms with Gasteiger partial charge in [0.25, 0.3) is 5.91 Å². The third-order valence-corrected chi connectivity index (χ3v) is 2.70. The Morgan fingerprint density at radius 1 is 1.24 bits per heavy atom. The fraction of sp³-hybridized carbons (Fsp3) is 0.357. The van der Waals surface area contributed by atoms with Gasteiger partial charge >= 0.3 is 12.0 Å². The van der Waals surface area contributed by atoms with Crippen LogP contribution in [0.1, 0.15) is 18.9 Å². The second kappa shape index (κ2) is 7.88. The number of carbonyl (C=O) groups is 3. The van der Waals surface area contributed by atoms with E-state index in [0.717, 1.165) is 11.3 Å². The first-order chi connectivity index (χ1) is 9.92. The van der Waals surface area contributed by atoms with Crippen molar-refractivity contribution >= 4 is 17.9 Å². The van der Waals surface area contributed by atoms with Gasteiger partial charge in [0.05, 0.1) is 7.11 Å². The van der Waals surface area contributed by atoms with Crippen molar-refractivity contribution in [2.45, 2.75) is 25.9 Å². The maximum absolute atomic E-state index is 11.6. The Morgan fingerprint density at radius 3 is 2.38 bits per heavy atom. The molecule has 0 aliphatic heterocycles. The fourth-order valence-electron chi connectivity index (χ4n) is 1.57. The Morgan fingerprint density at radius 2 is 1.86 bits per heavy atom. The topological polar surface area (TPSA) is 108 Å². The van der Waals surface area contributed by atoms with E-state index in [2.05, 4.69) is 0 Å². The Bertz CT molecular complexity index is 513. The maximum Gasteiger partial charge on any atom is 0.318 e. The molecule has 21 heavy (non-hydrogen) atoms. The summed E-state index contributed by atoms with van der Waals surface area (Å²) in [5.74, 6) is -0.545. The summed E-state index contributed by atoms with van der Waals surface area (Å²) in [6, 6.07) is 6.29. The van der Waals surface area contributed by atoms with Crippen molar-refractivity contribution in [2.24, 2.45) is 5.73 Å². The van der Waals surface area contributed by atoms with E-state index in [1.54, 1.807) is 19.2 Å². The highest BCUT2D eigenvalue weighted by Crippen LogP contribution is 2.12. The van der Waals surface area contributed by atoms with Crippen molar-refractivity contribution in [2.75, 3.05) is 7.11 Å². The van der Waals surface area contributed by atoms with E-state index in [0.29, 0.717) is 6.42 Å². The van der Waals surface area contributed by atoms with Crippen molar-refractivity contribution in [3.05, 3.63) is 29.8 Å². The molecule has 0 bridgehead atoms. The second-order valence-electron chi connectivity index (χ2n) is 4.33.